The van der Waals surface area contributed by atoms with E-state index < -0.39 is 6.10 Å². The lowest BCUT2D eigenvalue weighted by atomic mass is 10.2. The third-order valence-corrected chi connectivity index (χ3v) is 3.12. The molecule has 0 saturated carbocycles. The molecule has 0 bridgehead atoms. The summed E-state index contributed by atoms with van der Waals surface area (Å²) < 4.78 is 6.65. The number of nitrogens with zero attached hydrogens (tertiary/aromatic N) is 3. The normalized spacial score (nSPS) is 25.1. The maximum absolute atomic E-state index is 11.6. The number of hydrogen-bond donors (Lipinski definition) is 1. The summed E-state index contributed by atoms with van der Waals surface area (Å²) in [6, 6.07) is -0.369. The predicted molar refractivity (Wildman–Crippen MR) is 60.0 cm³/mol. The molecule has 17 heavy (non-hydrogen) atoms. The number of carbonyl (C=O) groups is 1. The molecule has 2 rings (SSSR count). The fraction of sp³-hybridized carbons (Fsp3) is 0.636. The van der Waals surface area contributed by atoms with Gasteiger partial charge < -0.3 is 14.4 Å². The highest BCUT2D eigenvalue weighted by molar-refractivity contribution is 5.76. The van der Waals surface area contributed by atoms with Crippen LogP contribution in [-0.4, -0.2) is 51.3 Å². The van der Waals surface area contributed by atoms with Gasteiger partial charge in [0.15, 0.2) is 0 Å². The van der Waals surface area contributed by atoms with Crippen LogP contribution in [0.25, 0.3) is 0 Å². The van der Waals surface area contributed by atoms with Crippen LogP contribution in [0, 0.1) is 0 Å². The molecule has 1 aromatic heterocycles. The molecule has 0 amide bonds. The highest BCUT2D eigenvalue weighted by atomic mass is 16.5. The number of aryl methyl sites for hydroxylation is 1. The van der Waals surface area contributed by atoms with Crippen LogP contribution in [0.4, 0.5) is 0 Å². The summed E-state index contributed by atoms with van der Waals surface area (Å²) in [5, 5.41) is 9.64. The first kappa shape index (κ1) is 12.1. The van der Waals surface area contributed by atoms with E-state index in [0.717, 1.165) is 5.82 Å². The molecule has 6 heteroatoms. The van der Waals surface area contributed by atoms with Crippen LogP contribution >= 0.6 is 0 Å². The Balaban J connectivity index is 2.08. The number of aliphatic hydroxyl groups is 1. The van der Waals surface area contributed by atoms with Gasteiger partial charge in [-0.05, 0) is 0 Å². The van der Waals surface area contributed by atoms with E-state index in [1.54, 1.807) is 6.20 Å². The number of carbonyl (C=O) groups excluding carboxylic acids is 1. The van der Waals surface area contributed by atoms with Crippen molar-refractivity contribution in [2.24, 2.45) is 7.05 Å². The third kappa shape index (κ3) is 2.48. The van der Waals surface area contributed by atoms with Crippen molar-refractivity contribution >= 4 is 5.97 Å². The minimum Gasteiger partial charge on any atom is -0.468 e. The molecular formula is C11H17N3O3. The molecule has 1 saturated heterocycles. The van der Waals surface area contributed by atoms with Gasteiger partial charge in [-0.1, -0.05) is 0 Å². The summed E-state index contributed by atoms with van der Waals surface area (Å²) in [7, 11) is 3.27. The second kappa shape index (κ2) is 4.85. The second-order valence-electron chi connectivity index (χ2n) is 4.31. The van der Waals surface area contributed by atoms with Crippen molar-refractivity contribution in [1.29, 1.82) is 0 Å². The van der Waals surface area contributed by atoms with Crippen molar-refractivity contribution in [2.75, 3.05) is 13.7 Å². The Hall–Kier alpha value is -1.40. The average Bonchev–Trinajstić information content (AvgIpc) is 2.86. The topological polar surface area (TPSA) is 67.6 Å². The number of aliphatic hydroxyl groups excluding tert-OH is 1. The minimum absolute atomic E-state index is 0.296. The molecule has 0 radical (unpaired) electrons. The Bertz CT molecular complexity index is 404. The van der Waals surface area contributed by atoms with E-state index in [2.05, 4.69) is 4.98 Å². The average molecular weight is 239 g/mol. The van der Waals surface area contributed by atoms with Crippen LogP contribution in [0.15, 0.2) is 12.4 Å². The molecule has 2 atom stereocenters. The fourth-order valence-electron chi connectivity index (χ4n) is 2.17. The van der Waals surface area contributed by atoms with Gasteiger partial charge in [-0.25, -0.2) is 4.98 Å². The largest absolute Gasteiger partial charge is 0.468 e. The van der Waals surface area contributed by atoms with Crippen molar-refractivity contribution in [1.82, 2.24) is 14.5 Å². The molecule has 1 aliphatic heterocycles. The first-order valence-corrected chi connectivity index (χ1v) is 5.58. The highest BCUT2D eigenvalue weighted by Crippen LogP contribution is 2.20. The zero-order valence-electron chi connectivity index (χ0n) is 10.0. The summed E-state index contributed by atoms with van der Waals surface area (Å²) in [5.41, 5.74) is 0. The maximum atomic E-state index is 11.6. The van der Waals surface area contributed by atoms with Gasteiger partial charge in [0.05, 0.1) is 19.8 Å². The van der Waals surface area contributed by atoms with Crippen LogP contribution in [-0.2, 0) is 23.1 Å². The molecule has 1 fully saturated rings. The van der Waals surface area contributed by atoms with E-state index in [1.165, 1.54) is 7.11 Å². The zero-order valence-corrected chi connectivity index (χ0v) is 10.0. The minimum atomic E-state index is -0.473. The standard InChI is InChI=1S/C11H17N3O3/c1-13-4-3-12-10(13)7-14-6-8(15)5-9(14)11(16)17-2/h3-4,8-9,15H,5-7H2,1-2H3. The number of likely N-dealkylation sites (tertiary alicyclic amines) is 1. The van der Waals surface area contributed by atoms with Crippen molar-refractivity contribution in [3.8, 4) is 0 Å². The van der Waals surface area contributed by atoms with Gasteiger partial charge in [0.1, 0.15) is 11.9 Å². The smallest absolute Gasteiger partial charge is 0.323 e. The van der Waals surface area contributed by atoms with Crippen LogP contribution in [0.1, 0.15) is 12.2 Å². The fourth-order valence-corrected chi connectivity index (χ4v) is 2.17. The molecule has 94 valence electrons. The number of β-amino-alcohol motifs (C(OH)–C–C–N with tert-alkyl or cyclic N) is 1. The number of imidazole rings is 1. The van der Waals surface area contributed by atoms with Gasteiger partial charge in [0.2, 0.25) is 0 Å². The molecule has 0 spiro atoms. The monoisotopic (exact) mass is 239 g/mol. The van der Waals surface area contributed by atoms with Crippen LogP contribution in [0.5, 0.6) is 0 Å². The van der Waals surface area contributed by atoms with Gasteiger partial charge >= 0.3 is 5.97 Å². The van der Waals surface area contributed by atoms with Gasteiger partial charge in [0.25, 0.3) is 0 Å². The molecule has 2 heterocycles. The summed E-state index contributed by atoms with van der Waals surface area (Å²) in [6.45, 7) is 1.02. The van der Waals surface area contributed by atoms with Crippen LogP contribution in [0.2, 0.25) is 0 Å². The summed E-state index contributed by atoms with van der Waals surface area (Å²) >= 11 is 0. The maximum Gasteiger partial charge on any atom is 0.323 e. The highest BCUT2D eigenvalue weighted by Gasteiger charge is 2.37. The molecule has 1 N–H and O–H groups in total. The van der Waals surface area contributed by atoms with E-state index >= 15 is 0 Å². The number of esters is 1. The SMILES string of the molecule is COC(=O)C1CC(O)CN1Cc1nccn1C. The first-order chi connectivity index (χ1) is 8.11. The van der Waals surface area contributed by atoms with Gasteiger partial charge in [0, 0.05) is 32.4 Å². The Labute approximate surface area is 99.8 Å². The molecule has 0 aromatic carbocycles. The number of methoxy groups -OCH3 is 1. The Kier molecular flexibility index (Phi) is 3.44. The Morgan fingerprint density at radius 3 is 3.06 bits per heavy atom. The van der Waals surface area contributed by atoms with Crippen molar-refractivity contribution in [3.63, 3.8) is 0 Å². The van der Waals surface area contributed by atoms with Crippen LogP contribution < -0.4 is 0 Å². The summed E-state index contributed by atoms with van der Waals surface area (Å²) in [5.74, 6) is 0.573. The quantitative estimate of drug-likeness (QED) is 0.722. The molecule has 0 aliphatic carbocycles. The van der Waals surface area contributed by atoms with Crippen molar-refractivity contribution < 1.29 is 14.6 Å². The number of ether oxygens (including phenoxy) is 1. The Morgan fingerprint density at radius 1 is 1.71 bits per heavy atom. The molecule has 2 unspecified atom stereocenters. The zero-order chi connectivity index (χ0) is 12.4. The third-order valence-electron chi connectivity index (χ3n) is 3.12. The lowest BCUT2D eigenvalue weighted by Gasteiger charge is -2.21. The van der Waals surface area contributed by atoms with E-state index in [9.17, 15) is 9.90 Å². The van der Waals surface area contributed by atoms with E-state index in [4.69, 9.17) is 4.74 Å². The molecule has 1 aromatic rings. The number of aromatic nitrogens is 2. The van der Waals surface area contributed by atoms with Crippen molar-refractivity contribution in [2.45, 2.75) is 25.1 Å². The van der Waals surface area contributed by atoms with E-state index in [0.29, 0.717) is 19.5 Å². The lowest BCUT2D eigenvalue weighted by Crippen LogP contribution is -2.37. The molecular weight excluding hydrogens is 222 g/mol. The molecule has 1 aliphatic rings. The van der Waals surface area contributed by atoms with Crippen LogP contribution in [0.3, 0.4) is 0 Å². The summed E-state index contributed by atoms with van der Waals surface area (Å²) in [4.78, 5) is 17.7. The van der Waals surface area contributed by atoms with Gasteiger partial charge in [-0.2, -0.15) is 0 Å². The second-order valence-corrected chi connectivity index (χ2v) is 4.31. The van der Waals surface area contributed by atoms with E-state index in [1.807, 2.05) is 22.7 Å². The number of hydrogen-bond acceptors (Lipinski definition) is 5. The van der Waals surface area contributed by atoms with Gasteiger partial charge in [-0.3, -0.25) is 9.69 Å². The Morgan fingerprint density at radius 2 is 2.47 bits per heavy atom. The van der Waals surface area contributed by atoms with Gasteiger partial charge in [-0.15, -0.1) is 0 Å². The first-order valence-electron chi connectivity index (χ1n) is 5.58. The molecule has 6 nitrogen and oxygen atoms in total. The van der Waals surface area contributed by atoms with Crippen molar-refractivity contribution in [3.05, 3.63) is 18.2 Å². The van der Waals surface area contributed by atoms with E-state index in [-0.39, 0.29) is 12.0 Å². The predicted octanol–water partition coefficient (Wildman–Crippen LogP) is -0.472. The summed E-state index contributed by atoms with van der Waals surface area (Å²) in [6.07, 6.45) is 3.53. The lowest BCUT2D eigenvalue weighted by molar-refractivity contribution is -0.146. The number of rotatable bonds is 3.